The highest BCUT2D eigenvalue weighted by molar-refractivity contribution is 5.95. The predicted octanol–water partition coefficient (Wildman–Crippen LogP) is 3.84. The van der Waals surface area contributed by atoms with Crippen LogP contribution in [0.4, 0.5) is 0 Å². The molecule has 1 atom stereocenters. The highest BCUT2D eigenvalue weighted by atomic mass is 16.2. The largest absolute Gasteiger partial charge is 0.355 e. The van der Waals surface area contributed by atoms with Gasteiger partial charge in [0.15, 0.2) is 0 Å². The van der Waals surface area contributed by atoms with Gasteiger partial charge in [-0.05, 0) is 86.1 Å². The van der Waals surface area contributed by atoms with E-state index in [9.17, 15) is 10.1 Å². The molecule has 5 heteroatoms. The number of benzene rings is 1. The molecule has 0 saturated heterocycles. The number of nitriles is 1. The van der Waals surface area contributed by atoms with Crippen LogP contribution in [0.3, 0.4) is 0 Å². The summed E-state index contributed by atoms with van der Waals surface area (Å²) in [6.07, 6.45) is 15.3. The fourth-order valence-electron chi connectivity index (χ4n) is 6.94. The van der Waals surface area contributed by atoms with Gasteiger partial charge < -0.3 is 15.5 Å². The Hall–Kier alpha value is -3.00. The van der Waals surface area contributed by atoms with E-state index < -0.39 is 0 Å². The summed E-state index contributed by atoms with van der Waals surface area (Å²) in [5.74, 6) is 2.39. The number of rotatable bonds is 3. The highest BCUT2D eigenvalue weighted by Crippen LogP contribution is 2.55. The van der Waals surface area contributed by atoms with Gasteiger partial charge in [-0.3, -0.25) is 4.79 Å². The summed E-state index contributed by atoms with van der Waals surface area (Å²) >= 11 is 0. The third-order valence-corrected chi connectivity index (χ3v) is 7.68. The van der Waals surface area contributed by atoms with E-state index in [2.05, 4.69) is 21.6 Å². The SMILES string of the molecule is N#Cc1cccc(C2NC(C(=O)NC34CC5CC(CC(C5)C3)C4)=C3C=CC=CN32)c1. The standard InChI is InChI=1S/C25H26N4O/c26-15-16-4-3-5-20(11-16)23-27-22(21-6-1-2-7-29(21)23)24(30)28-25-12-17-8-18(13-25)10-19(9-17)14-25/h1-7,11,17-19,23,27H,8-10,12-14H2,(H,28,30). The maximum absolute atomic E-state index is 13.5. The van der Waals surface area contributed by atoms with Crippen LogP contribution in [0.1, 0.15) is 55.8 Å². The zero-order chi connectivity index (χ0) is 20.3. The van der Waals surface area contributed by atoms with Gasteiger partial charge in [0.2, 0.25) is 0 Å². The van der Waals surface area contributed by atoms with Crippen LogP contribution in [-0.4, -0.2) is 16.3 Å². The topological polar surface area (TPSA) is 68.2 Å². The minimum Gasteiger partial charge on any atom is -0.355 e. The van der Waals surface area contributed by atoms with Crippen LogP contribution < -0.4 is 10.6 Å². The van der Waals surface area contributed by atoms with Gasteiger partial charge in [0.05, 0.1) is 17.3 Å². The first-order chi connectivity index (χ1) is 14.6. The van der Waals surface area contributed by atoms with Crippen LogP contribution >= 0.6 is 0 Å². The molecule has 4 aliphatic carbocycles. The molecule has 2 aliphatic heterocycles. The molecule has 7 rings (SSSR count). The molecule has 152 valence electrons. The van der Waals surface area contributed by atoms with Crippen LogP contribution in [0.15, 0.2) is 60.1 Å². The molecule has 1 aromatic rings. The monoisotopic (exact) mass is 398 g/mol. The lowest BCUT2D eigenvalue weighted by molar-refractivity contribution is -0.123. The molecule has 0 radical (unpaired) electrons. The Morgan fingerprint density at radius 3 is 2.57 bits per heavy atom. The fourth-order valence-corrected chi connectivity index (χ4v) is 6.94. The Morgan fingerprint density at radius 1 is 1.13 bits per heavy atom. The predicted molar refractivity (Wildman–Crippen MR) is 113 cm³/mol. The first-order valence-electron chi connectivity index (χ1n) is 11.1. The van der Waals surface area contributed by atoms with Gasteiger partial charge in [-0.15, -0.1) is 0 Å². The van der Waals surface area contributed by atoms with Gasteiger partial charge >= 0.3 is 0 Å². The van der Waals surface area contributed by atoms with Crippen LogP contribution in [0, 0.1) is 29.1 Å². The van der Waals surface area contributed by atoms with E-state index in [1.807, 2.05) is 42.6 Å². The van der Waals surface area contributed by atoms with Gasteiger partial charge in [0.25, 0.3) is 5.91 Å². The number of nitrogens with zero attached hydrogens (tertiary/aromatic N) is 2. The minimum atomic E-state index is -0.188. The van der Waals surface area contributed by atoms with Crippen molar-refractivity contribution in [2.75, 3.05) is 0 Å². The average Bonchev–Trinajstić information content (AvgIpc) is 3.12. The molecule has 1 amide bonds. The number of allylic oxidation sites excluding steroid dienone is 3. The third-order valence-electron chi connectivity index (χ3n) is 7.68. The molecule has 0 spiro atoms. The van der Waals surface area contributed by atoms with Gasteiger partial charge in [-0.25, -0.2) is 0 Å². The van der Waals surface area contributed by atoms with E-state index in [-0.39, 0.29) is 17.6 Å². The quantitative estimate of drug-likeness (QED) is 0.812. The summed E-state index contributed by atoms with van der Waals surface area (Å²) in [7, 11) is 0. The normalized spacial score (nSPS) is 35.2. The van der Waals surface area contributed by atoms with Gasteiger partial charge in [0, 0.05) is 11.7 Å². The molecule has 0 aromatic heterocycles. The third kappa shape index (κ3) is 2.78. The molecule has 2 heterocycles. The zero-order valence-electron chi connectivity index (χ0n) is 17.0. The lowest BCUT2D eigenvalue weighted by Crippen LogP contribution is -2.60. The number of hydrogen-bond donors (Lipinski definition) is 2. The number of nitrogens with one attached hydrogen (secondary N) is 2. The molecule has 4 fully saturated rings. The van der Waals surface area contributed by atoms with Crippen molar-refractivity contribution < 1.29 is 4.79 Å². The van der Waals surface area contributed by atoms with Crippen molar-refractivity contribution in [1.82, 2.24) is 15.5 Å². The van der Waals surface area contributed by atoms with E-state index in [0.29, 0.717) is 11.3 Å². The molecule has 1 aromatic carbocycles. The maximum Gasteiger partial charge on any atom is 0.270 e. The van der Waals surface area contributed by atoms with E-state index in [0.717, 1.165) is 48.3 Å². The second-order valence-corrected chi connectivity index (χ2v) is 9.80. The maximum atomic E-state index is 13.5. The molecule has 4 saturated carbocycles. The fraction of sp³-hybridized carbons (Fsp3) is 0.440. The Labute approximate surface area is 177 Å². The smallest absolute Gasteiger partial charge is 0.270 e. The van der Waals surface area contributed by atoms with Crippen LogP contribution in [-0.2, 0) is 4.79 Å². The van der Waals surface area contributed by atoms with Crippen molar-refractivity contribution in [2.24, 2.45) is 17.8 Å². The van der Waals surface area contributed by atoms with Crippen molar-refractivity contribution in [3.63, 3.8) is 0 Å². The van der Waals surface area contributed by atoms with Gasteiger partial charge in [-0.2, -0.15) is 5.26 Å². The van der Waals surface area contributed by atoms with Crippen molar-refractivity contribution in [1.29, 1.82) is 5.26 Å². The average molecular weight is 399 g/mol. The number of hydrogen-bond acceptors (Lipinski definition) is 4. The van der Waals surface area contributed by atoms with Crippen LogP contribution in [0.2, 0.25) is 0 Å². The Kier molecular flexibility index (Phi) is 3.86. The van der Waals surface area contributed by atoms with Crippen LogP contribution in [0.5, 0.6) is 0 Å². The second kappa shape index (κ2) is 6.50. The summed E-state index contributed by atoms with van der Waals surface area (Å²) < 4.78 is 0. The molecule has 6 aliphatic rings. The van der Waals surface area contributed by atoms with Gasteiger partial charge in [0.1, 0.15) is 11.9 Å². The van der Waals surface area contributed by atoms with Crippen LogP contribution in [0.25, 0.3) is 0 Å². The van der Waals surface area contributed by atoms with E-state index >= 15 is 0 Å². The number of amides is 1. The molecular formula is C25H26N4O. The summed E-state index contributed by atoms with van der Waals surface area (Å²) in [6, 6.07) is 9.80. The Balaban J connectivity index is 1.28. The molecule has 30 heavy (non-hydrogen) atoms. The lowest BCUT2D eigenvalue weighted by Gasteiger charge is -2.56. The second-order valence-electron chi connectivity index (χ2n) is 9.80. The Bertz CT molecular complexity index is 1010. The van der Waals surface area contributed by atoms with Crippen molar-refractivity contribution >= 4 is 5.91 Å². The van der Waals surface area contributed by atoms with Gasteiger partial charge in [-0.1, -0.05) is 18.2 Å². The lowest BCUT2D eigenvalue weighted by atomic mass is 9.53. The number of carbonyl (C=O) groups excluding carboxylic acids is 1. The van der Waals surface area contributed by atoms with Crippen molar-refractivity contribution in [2.45, 2.75) is 50.2 Å². The van der Waals surface area contributed by atoms with Crippen molar-refractivity contribution in [3.8, 4) is 6.07 Å². The highest BCUT2D eigenvalue weighted by Gasteiger charge is 2.52. The van der Waals surface area contributed by atoms with Crippen molar-refractivity contribution in [3.05, 3.63) is 71.2 Å². The zero-order valence-corrected chi connectivity index (χ0v) is 17.0. The molecular weight excluding hydrogens is 372 g/mol. The van der Waals surface area contributed by atoms with E-state index in [4.69, 9.17) is 0 Å². The summed E-state index contributed by atoms with van der Waals surface area (Å²) in [5, 5.41) is 16.2. The summed E-state index contributed by atoms with van der Waals surface area (Å²) in [4.78, 5) is 15.6. The van der Waals surface area contributed by atoms with E-state index in [1.165, 1.54) is 19.3 Å². The molecule has 1 unspecified atom stereocenters. The first kappa shape index (κ1) is 17.8. The molecule has 5 nitrogen and oxygen atoms in total. The summed E-state index contributed by atoms with van der Waals surface area (Å²) in [6.45, 7) is 0. The van der Waals surface area contributed by atoms with E-state index in [1.54, 1.807) is 6.07 Å². The molecule has 2 N–H and O–H groups in total. The number of fused-ring (bicyclic) bond motifs is 1. The Morgan fingerprint density at radius 2 is 1.87 bits per heavy atom. The summed E-state index contributed by atoms with van der Waals surface area (Å²) in [5.41, 5.74) is 3.12. The number of carbonyl (C=O) groups is 1. The molecule has 4 bridgehead atoms. The minimum absolute atomic E-state index is 0.0100. The first-order valence-corrected chi connectivity index (χ1v) is 11.1.